The molecule has 0 aliphatic carbocycles. The lowest BCUT2D eigenvalue weighted by atomic mass is 10.2. The summed E-state index contributed by atoms with van der Waals surface area (Å²) in [4.78, 5) is 8.43. The first-order valence-electron chi connectivity index (χ1n) is 5.74. The summed E-state index contributed by atoms with van der Waals surface area (Å²) in [7, 11) is 0. The zero-order valence-corrected chi connectivity index (χ0v) is 10.2. The van der Waals surface area contributed by atoms with Gasteiger partial charge >= 0.3 is 0 Å². The second-order valence-corrected chi connectivity index (χ2v) is 4.13. The zero-order valence-electron chi connectivity index (χ0n) is 10.2. The van der Waals surface area contributed by atoms with E-state index in [2.05, 4.69) is 35.9 Å². The zero-order chi connectivity index (χ0) is 13.2. The molecule has 0 aliphatic rings. The van der Waals surface area contributed by atoms with Gasteiger partial charge in [-0.05, 0) is 25.1 Å². The van der Waals surface area contributed by atoms with Crippen molar-refractivity contribution >= 4 is 22.4 Å². The summed E-state index contributed by atoms with van der Waals surface area (Å²) < 4.78 is 0. The lowest BCUT2D eigenvalue weighted by Crippen LogP contribution is -2.10. The molecular weight excluding hydrogens is 244 g/mol. The quantitative estimate of drug-likeness (QED) is 0.595. The first-order valence-corrected chi connectivity index (χ1v) is 5.74. The van der Waals surface area contributed by atoms with Crippen molar-refractivity contribution in [3.63, 3.8) is 0 Å². The number of rotatable bonds is 3. The monoisotopic (exact) mass is 256 g/mol. The van der Waals surface area contributed by atoms with E-state index >= 15 is 0 Å². The van der Waals surface area contributed by atoms with Crippen molar-refractivity contribution in [3.8, 4) is 0 Å². The summed E-state index contributed by atoms with van der Waals surface area (Å²) in [6.07, 6.45) is 1.50. The van der Waals surface area contributed by atoms with Crippen LogP contribution in [0.2, 0.25) is 0 Å². The second-order valence-electron chi connectivity index (χ2n) is 4.13. The Hall–Kier alpha value is -2.77. The van der Waals surface area contributed by atoms with E-state index in [-0.39, 0.29) is 6.04 Å². The smallest absolute Gasteiger partial charge is 0.196 e. The predicted molar refractivity (Wildman–Crippen MR) is 70.2 cm³/mol. The number of benzene rings is 1. The Morgan fingerprint density at radius 1 is 1.32 bits per heavy atom. The third kappa shape index (κ3) is 2.15. The maximum Gasteiger partial charge on any atom is 0.196 e. The molecule has 0 saturated heterocycles. The number of aromatic amines is 1. The van der Waals surface area contributed by atoms with E-state index in [9.17, 15) is 0 Å². The second kappa shape index (κ2) is 4.48. The van der Waals surface area contributed by atoms with Gasteiger partial charge in [0, 0.05) is 11.1 Å². The summed E-state index contributed by atoms with van der Waals surface area (Å²) in [5.74, 6) is 1.25. The highest BCUT2D eigenvalue weighted by molar-refractivity contribution is 5.91. The largest absolute Gasteiger partial charge is 0.399 e. The predicted octanol–water partition coefficient (Wildman–Crippen LogP) is 0.898. The minimum absolute atomic E-state index is 0.127. The molecule has 0 fully saturated rings. The minimum atomic E-state index is -0.127. The fourth-order valence-corrected chi connectivity index (χ4v) is 1.81. The van der Waals surface area contributed by atoms with Crippen LogP contribution in [0.1, 0.15) is 18.8 Å². The van der Waals surface area contributed by atoms with Gasteiger partial charge < -0.3 is 11.1 Å². The van der Waals surface area contributed by atoms with Crippen molar-refractivity contribution in [1.82, 2.24) is 30.6 Å². The molecule has 0 spiro atoms. The number of hydrogen-bond acceptors (Lipinski definition) is 7. The minimum Gasteiger partial charge on any atom is -0.399 e. The van der Waals surface area contributed by atoms with Crippen molar-refractivity contribution in [3.05, 3.63) is 30.4 Å². The fraction of sp³-hybridized carbons (Fsp3) is 0.182. The van der Waals surface area contributed by atoms with Gasteiger partial charge in [0.15, 0.2) is 5.82 Å². The number of H-pyrrole nitrogens is 1. The molecule has 2 aromatic heterocycles. The number of nitrogens with zero attached hydrogens (tertiary/aromatic N) is 5. The summed E-state index contributed by atoms with van der Waals surface area (Å²) in [6, 6.07) is 5.37. The van der Waals surface area contributed by atoms with Gasteiger partial charge in [0.25, 0.3) is 0 Å². The summed E-state index contributed by atoms with van der Waals surface area (Å²) in [5, 5.41) is 17.9. The van der Waals surface area contributed by atoms with Crippen LogP contribution in [0.4, 0.5) is 11.5 Å². The third-order valence-electron chi connectivity index (χ3n) is 2.76. The molecule has 96 valence electrons. The molecule has 2 heterocycles. The Morgan fingerprint density at radius 2 is 2.21 bits per heavy atom. The molecule has 1 aromatic carbocycles. The number of fused-ring (bicyclic) bond motifs is 1. The van der Waals surface area contributed by atoms with Gasteiger partial charge in [0.1, 0.15) is 12.1 Å². The molecule has 1 unspecified atom stereocenters. The molecule has 19 heavy (non-hydrogen) atoms. The molecule has 3 rings (SSSR count). The van der Waals surface area contributed by atoms with Gasteiger partial charge in [-0.1, -0.05) is 5.21 Å². The van der Waals surface area contributed by atoms with Crippen LogP contribution in [0, 0.1) is 0 Å². The number of hydrogen-bond donors (Lipinski definition) is 3. The van der Waals surface area contributed by atoms with E-state index < -0.39 is 0 Å². The van der Waals surface area contributed by atoms with Gasteiger partial charge in [-0.25, -0.2) is 9.97 Å². The average Bonchev–Trinajstić information content (AvgIpc) is 2.93. The van der Waals surface area contributed by atoms with E-state index in [1.807, 2.05) is 25.1 Å². The molecule has 1 atom stereocenters. The molecule has 0 aliphatic heterocycles. The highest BCUT2D eigenvalue weighted by atomic mass is 15.5. The Morgan fingerprint density at radius 3 is 3.00 bits per heavy atom. The van der Waals surface area contributed by atoms with Gasteiger partial charge in [0.05, 0.1) is 11.6 Å². The number of nitrogen functional groups attached to an aromatic ring is 1. The summed E-state index contributed by atoms with van der Waals surface area (Å²) >= 11 is 0. The third-order valence-corrected chi connectivity index (χ3v) is 2.76. The van der Waals surface area contributed by atoms with E-state index in [4.69, 9.17) is 5.73 Å². The Labute approximate surface area is 108 Å². The van der Waals surface area contributed by atoms with Crippen molar-refractivity contribution in [1.29, 1.82) is 0 Å². The Balaban J connectivity index is 1.98. The van der Waals surface area contributed by atoms with Crippen molar-refractivity contribution in [2.75, 3.05) is 11.1 Å². The first-order chi connectivity index (χ1) is 9.24. The molecule has 0 radical (unpaired) electrons. The van der Waals surface area contributed by atoms with Crippen LogP contribution >= 0.6 is 0 Å². The maximum absolute atomic E-state index is 5.80. The van der Waals surface area contributed by atoms with Crippen LogP contribution < -0.4 is 11.1 Å². The average molecular weight is 256 g/mol. The van der Waals surface area contributed by atoms with E-state index in [1.165, 1.54) is 6.33 Å². The maximum atomic E-state index is 5.80. The van der Waals surface area contributed by atoms with Crippen LogP contribution in [0.5, 0.6) is 0 Å². The molecule has 8 heteroatoms. The van der Waals surface area contributed by atoms with E-state index in [0.717, 1.165) is 10.9 Å². The molecule has 0 amide bonds. The first kappa shape index (κ1) is 11.3. The highest BCUT2D eigenvalue weighted by Gasteiger charge is 2.12. The van der Waals surface area contributed by atoms with Crippen molar-refractivity contribution in [2.45, 2.75) is 13.0 Å². The van der Waals surface area contributed by atoms with Crippen molar-refractivity contribution < 1.29 is 0 Å². The lowest BCUT2D eigenvalue weighted by Gasteiger charge is -2.12. The van der Waals surface area contributed by atoms with E-state index in [0.29, 0.717) is 17.3 Å². The van der Waals surface area contributed by atoms with Crippen LogP contribution in [0.25, 0.3) is 10.9 Å². The molecular formula is C11H12N8. The number of nitrogens with one attached hydrogen (secondary N) is 2. The number of nitrogens with two attached hydrogens (primary N) is 1. The molecule has 4 N–H and O–H groups in total. The fourth-order valence-electron chi connectivity index (χ4n) is 1.81. The molecule has 3 aromatic rings. The number of anilines is 2. The number of tetrazole rings is 1. The van der Waals surface area contributed by atoms with Crippen LogP contribution in [-0.2, 0) is 0 Å². The Kier molecular flexibility index (Phi) is 2.67. The SMILES string of the molecule is CC(Nc1ncnc2ccc(N)cc12)c1nn[nH]n1. The number of aromatic nitrogens is 6. The topological polar surface area (TPSA) is 118 Å². The molecule has 8 nitrogen and oxygen atoms in total. The standard InChI is InChI=1S/C11H12N8/c1-6(10-16-18-19-17-10)15-11-8-4-7(12)2-3-9(8)13-5-14-11/h2-6H,12H2,1H3,(H,13,14,15)(H,16,17,18,19). The lowest BCUT2D eigenvalue weighted by molar-refractivity contribution is 0.789. The highest BCUT2D eigenvalue weighted by Crippen LogP contribution is 2.24. The Bertz CT molecular complexity index is 693. The summed E-state index contributed by atoms with van der Waals surface area (Å²) in [5.41, 5.74) is 7.29. The van der Waals surface area contributed by atoms with Crippen LogP contribution in [-0.4, -0.2) is 30.6 Å². The van der Waals surface area contributed by atoms with Crippen molar-refractivity contribution in [2.24, 2.45) is 0 Å². The summed E-state index contributed by atoms with van der Waals surface area (Å²) in [6.45, 7) is 1.92. The van der Waals surface area contributed by atoms with Crippen LogP contribution in [0.3, 0.4) is 0 Å². The van der Waals surface area contributed by atoms with Gasteiger partial charge in [-0.2, -0.15) is 5.21 Å². The molecule has 0 bridgehead atoms. The van der Waals surface area contributed by atoms with Crippen LogP contribution in [0.15, 0.2) is 24.5 Å². The van der Waals surface area contributed by atoms with Gasteiger partial charge in [-0.3, -0.25) is 0 Å². The van der Waals surface area contributed by atoms with E-state index in [1.54, 1.807) is 0 Å². The normalized spacial score (nSPS) is 12.5. The van der Waals surface area contributed by atoms with Gasteiger partial charge in [-0.15, -0.1) is 10.2 Å². The van der Waals surface area contributed by atoms with Gasteiger partial charge in [0.2, 0.25) is 0 Å². The molecule has 0 saturated carbocycles.